The van der Waals surface area contributed by atoms with Gasteiger partial charge in [-0.3, -0.25) is 4.90 Å². The molecular formula is C15H22BrFN2. The van der Waals surface area contributed by atoms with E-state index in [4.69, 9.17) is 0 Å². The van der Waals surface area contributed by atoms with Crippen LogP contribution in [0.2, 0.25) is 0 Å². The van der Waals surface area contributed by atoms with Crippen molar-refractivity contribution in [2.45, 2.75) is 26.3 Å². The molecule has 2 nitrogen and oxygen atoms in total. The van der Waals surface area contributed by atoms with Gasteiger partial charge in [0.15, 0.2) is 0 Å². The number of nitrogens with one attached hydrogen (secondary N) is 1. The van der Waals surface area contributed by atoms with E-state index in [-0.39, 0.29) is 11.9 Å². The van der Waals surface area contributed by atoms with E-state index in [1.165, 1.54) is 0 Å². The maximum Gasteiger partial charge on any atom is 0.129 e. The average molecular weight is 329 g/mol. The minimum absolute atomic E-state index is 0.0989. The van der Waals surface area contributed by atoms with Crippen molar-refractivity contribution in [2.75, 3.05) is 26.2 Å². The molecule has 0 aromatic heterocycles. The molecule has 1 saturated heterocycles. The van der Waals surface area contributed by atoms with Crippen LogP contribution in [0.15, 0.2) is 22.7 Å². The number of piperazine rings is 1. The van der Waals surface area contributed by atoms with E-state index in [2.05, 4.69) is 40.0 Å². The summed E-state index contributed by atoms with van der Waals surface area (Å²) in [5.41, 5.74) is 0.818. The Labute approximate surface area is 123 Å². The molecule has 2 atom stereocenters. The first-order chi connectivity index (χ1) is 9.15. The van der Waals surface area contributed by atoms with Crippen molar-refractivity contribution in [1.82, 2.24) is 10.2 Å². The average Bonchev–Trinajstić information content (AvgIpc) is 2.43. The summed E-state index contributed by atoms with van der Waals surface area (Å²) in [4.78, 5) is 2.41. The van der Waals surface area contributed by atoms with E-state index < -0.39 is 0 Å². The van der Waals surface area contributed by atoms with Gasteiger partial charge in [-0.25, -0.2) is 4.39 Å². The number of rotatable bonds is 4. The maximum atomic E-state index is 14.3. The zero-order chi connectivity index (χ0) is 13.8. The smallest absolute Gasteiger partial charge is 0.129 e. The van der Waals surface area contributed by atoms with Gasteiger partial charge < -0.3 is 5.32 Å². The highest BCUT2D eigenvalue weighted by Gasteiger charge is 2.30. The van der Waals surface area contributed by atoms with Crippen LogP contribution in [0.5, 0.6) is 0 Å². The number of benzene rings is 1. The van der Waals surface area contributed by atoms with Crippen LogP contribution in [0.3, 0.4) is 0 Å². The van der Waals surface area contributed by atoms with Gasteiger partial charge in [0.2, 0.25) is 0 Å². The Bertz CT molecular complexity index is 398. The van der Waals surface area contributed by atoms with E-state index >= 15 is 0 Å². The molecule has 19 heavy (non-hydrogen) atoms. The van der Waals surface area contributed by atoms with E-state index in [1.54, 1.807) is 12.1 Å². The standard InChI is InChI=1S/C15H22BrFN2/c1-3-11(2)15(19-9-7-18-8-10-19)14-12(16)5-4-6-13(14)17/h4-6,11,15,18H,3,7-10H2,1-2H3/t11?,15-/m1/s1. The Morgan fingerprint density at radius 3 is 2.63 bits per heavy atom. The van der Waals surface area contributed by atoms with Crippen molar-refractivity contribution >= 4 is 15.9 Å². The number of hydrogen-bond donors (Lipinski definition) is 1. The molecule has 1 aliphatic heterocycles. The van der Waals surface area contributed by atoms with Gasteiger partial charge in [0.05, 0.1) is 0 Å². The fraction of sp³-hybridized carbons (Fsp3) is 0.600. The first-order valence-corrected chi connectivity index (χ1v) is 7.83. The predicted molar refractivity (Wildman–Crippen MR) is 80.7 cm³/mol. The van der Waals surface area contributed by atoms with Gasteiger partial charge in [-0.1, -0.05) is 42.3 Å². The van der Waals surface area contributed by atoms with Crippen molar-refractivity contribution in [3.05, 3.63) is 34.1 Å². The molecule has 0 aliphatic carbocycles. The molecule has 1 unspecified atom stereocenters. The SMILES string of the molecule is CCC(C)[C@H](c1c(F)cccc1Br)N1CCNCC1. The third-order valence-electron chi connectivity index (χ3n) is 4.02. The molecule has 4 heteroatoms. The van der Waals surface area contributed by atoms with Crippen molar-refractivity contribution in [1.29, 1.82) is 0 Å². The third kappa shape index (κ3) is 3.36. The molecule has 1 aromatic rings. The Morgan fingerprint density at radius 2 is 2.05 bits per heavy atom. The molecule has 0 saturated carbocycles. The monoisotopic (exact) mass is 328 g/mol. The number of nitrogens with zero attached hydrogens (tertiary/aromatic N) is 1. The maximum absolute atomic E-state index is 14.3. The second-order valence-corrected chi connectivity index (χ2v) is 6.11. The lowest BCUT2D eigenvalue weighted by Gasteiger charge is -2.39. The second kappa shape index (κ2) is 6.82. The zero-order valence-corrected chi connectivity index (χ0v) is 13.2. The highest BCUT2D eigenvalue weighted by atomic mass is 79.9. The van der Waals surface area contributed by atoms with E-state index in [1.807, 2.05) is 6.07 Å². The summed E-state index contributed by atoms with van der Waals surface area (Å²) in [6.45, 7) is 8.32. The van der Waals surface area contributed by atoms with Crippen molar-refractivity contribution in [3.8, 4) is 0 Å². The first-order valence-electron chi connectivity index (χ1n) is 7.03. The van der Waals surface area contributed by atoms with Gasteiger partial charge in [-0.15, -0.1) is 0 Å². The number of hydrogen-bond acceptors (Lipinski definition) is 2. The van der Waals surface area contributed by atoms with Crippen LogP contribution in [0.25, 0.3) is 0 Å². The molecule has 2 rings (SSSR count). The molecular weight excluding hydrogens is 307 g/mol. The van der Waals surface area contributed by atoms with Gasteiger partial charge in [0.25, 0.3) is 0 Å². The molecule has 1 heterocycles. The number of halogens is 2. The molecule has 106 valence electrons. The van der Waals surface area contributed by atoms with Crippen LogP contribution in [-0.2, 0) is 0 Å². The van der Waals surface area contributed by atoms with Gasteiger partial charge in [0, 0.05) is 42.3 Å². The van der Waals surface area contributed by atoms with Crippen LogP contribution in [0.1, 0.15) is 31.9 Å². The Kier molecular flexibility index (Phi) is 5.37. The fourth-order valence-electron chi connectivity index (χ4n) is 2.80. The van der Waals surface area contributed by atoms with Gasteiger partial charge in [-0.05, 0) is 18.1 Å². The third-order valence-corrected chi connectivity index (χ3v) is 4.71. The lowest BCUT2D eigenvalue weighted by molar-refractivity contribution is 0.125. The molecule has 1 N–H and O–H groups in total. The van der Waals surface area contributed by atoms with Crippen LogP contribution in [-0.4, -0.2) is 31.1 Å². The van der Waals surface area contributed by atoms with Gasteiger partial charge >= 0.3 is 0 Å². The van der Waals surface area contributed by atoms with Crippen molar-refractivity contribution < 1.29 is 4.39 Å². The molecule has 0 spiro atoms. The lowest BCUT2D eigenvalue weighted by atomic mass is 9.90. The summed E-state index contributed by atoms with van der Waals surface area (Å²) in [6.07, 6.45) is 1.05. The summed E-state index contributed by atoms with van der Waals surface area (Å²) < 4.78 is 15.2. The Balaban J connectivity index is 2.36. The summed E-state index contributed by atoms with van der Waals surface area (Å²) in [7, 11) is 0. The van der Waals surface area contributed by atoms with Crippen LogP contribution in [0.4, 0.5) is 4.39 Å². The minimum atomic E-state index is -0.0989. The Hall–Kier alpha value is -0.450. The summed E-state index contributed by atoms with van der Waals surface area (Å²) >= 11 is 3.53. The fourth-order valence-corrected chi connectivity index (χ4v) is 3.38. The predicted octanol–water partition coefficient (Wildman–Crippen LogP) is 3.58. The highest BCUT2D eigenvalue weighted by Crippen LogP contribution is 2.36. The van der Waals surface area contributed by atoms with Gasteiger partial charge in [0.1, 0.15) is 5.82 Å². The topological polar surface area (TPSA) is 15.3 Å². The van der Waals surface area contributed by atoms with Crippen molar-refractivity contribution in [3.63, 3.8) is 0 Å². The normalized spacial score (nSPS) is 20.2. The lowest BCUT2D eigenvalue weighted by Crippen LogP contribution is -2.46. The minimum Gasteiger partial charge on any atom is -0.314 e. The molecule has 1 aromatic carbocycles. The molecule has 1 aliphatic rings. The van der Waals surface area contributed by atoms with Crippen molar-refractivity contribution in [2.24, 2.45) is 5.92 Å². The molecule has 0 radical (unpaired) electrons. The molecule has 1 fully saturated rings. The van der Waals surface area contributed by atoms with Crippen LogP contribution >= 0.6 is 15.9 Å². The van der Waals surface area contributed by atoms with E-state index in [0.717, 1.165) is 42.6 Å². The largest absolute Gasteiger partial charge is 0.314 e. The van der Waals surface area contributed by atoms with Gasteiger partial charge in [-0.2, -0.15) is 0 Å². The summed E-state index contributed by atoms with van der Waals surface area (Å²) in [6, 6.07) is 5.42. The molecule has 0 amide bonds. The van der Waals surface area contributed by atoms with Crippen LogP contribution < -0.4 is 5.32 Å². The first kappa shape index (κ1) is 14.9. The highest BCUT2D eigenvalue weighted by molar-refractivity contribution is 9.10. The summed E-state index contributed by atoms with van der Waals surface area (Å²) in [5.74, 6) is 0.338. The second-order valence-electron chi connectivity index (χ2n) is 5.25. The van der Waals surface area contributed by atoms with E-state index in [9.17, 15) is 4.39 Å². The zero-order valence-electron chi connectivity index (χ0n) is 11.6. The van der Waals surface area contributed by atoms with E-state index in [0.29, 0.717) is 5.92 Å². The van der Waals surface area contributed by atoms with Crippen LogP contribution in [0, 0.1) is 11.7 Å². The Morgan fingerprint density at radius 1 is 1.37 bits per heavy atom. The molecule has 0 bridgehead atoms. The summed E-state index contributed by atoms with van der Waals surface area (Å²) in [5, 5.41) is 3.36. The quantitative estimate of drug-likeness (QED) is 0.908.